The zero-order valence-electron chi connectivity index (χ0n) is 11.3. The van der Waals surface area contributed by atoms with Gasteiger partial charge < -0.3 is 10.2 Å². The normalized spacial score (nSPS) is 17.1. The molecular formula is C15H20BrN3. The molecule has 4 heteroatoms. The van der Waals surface area contributed by atoms with Crippen LogP contribution in [0, 0.1) is 17.2 Å². The molecule has 1 unspecified atom stereocenters. The molecule has 1 aromatic carbocycles. The van der Waals surface area contributed by atoms with Crippen LogP contribution >= 0.6 is 15.9 Å². The molecule has 0 aliphatic carbocycles. The van der Waals surface area contributed by atoms with Crippen LogP contribution < -0.4 is 5.32 Å². The maximum absolute atomic E-state index is 9.09. The van der Waals surface area contributed by atoms with Gasteiger partial charge in [0.25, 0.3) is 0 Å². The standard InChI is InChI=1S/C15H20BrN3/c1-12(11-19-6-2-3-7-19)10-18-15-8-14(16)5-4-13(15)9-17/h4-5,8,12,18H,2-3,6-7,10-11H2,1H3. The molecule has 1 aliphatic rings. The summed E-state index contributed by atoms with van der Waals surface area (Å²) < 4.78 is 1.00. The highest BCUT2D eigenvalue weighted by atomic mass is 79.9. The minimum Gasteiger partial charge on any atom is -0.384 e. The third-order valence-corrected chi connectivity index (χ3v) is 4.00. The Bertz CT molecular complexity index is 461. The number of anilines is 1. The fourth-order valence-corrected chi connectivity index (χ4v) is 2.88. The summed E-state index contributed by atoms with van der Waals surface area (Å²) in [4.78, 5) is 2.53. The number of likely N-dealkylation sites (tertiary alicyclic amines) is 1. The predicted octanol–water partition coefficient (Wildman–Crippen LogP) is 3.46. The van der Waals surface area contributed by atoms with E-state index in [0.717, 1.165) is 23.2 Å². The van der Waals surface area contributed by atoms with Gasteiger partial charge in [-0.15, -0.1) is 0 Å². The topological polar surface area (TPSA) is 39.1 Å². The molecule has 0 radical (unpaired) electrons. The Balaban J connectivity index is 1.87. The SMILES string of the molecule is CC(CNc1cc(Br)ccc1C#N)CN1CCCC1. The third kappa shape index (κ3) is 4.22. The number of nitrogens with zero attached hydrogens (tertiary/aromatic N) is 2. The average Bonchev–Trinajstić information content (AvgIpc) is 2.89. The Morgan fingerprint density at radius 3 is 2.84 bits per heavy atom. The summed E-state index contributed by atoms with van der Waals surface area (Å²) in [5, 5.41) is 12.5. The van der Waals surface area contributed by atoms with Gasteiger partial charge in [0.05, 0.1) is 11.3 Å². The summed E-state index contributed by atoms with van der Waals surface area (Å²) in [6.07, 6.45) is 2.68. The number of hydrogen-bond donors (Lipinski definition) is 1. The number of rotatable bonds is 5. The van der Waals surface area contributed by atoms with Gasteiger partial charge in [-0.3, -0.25) is 0 Å². The molecule has 1 N–H and O–H groups in total. The molecule has 2 rings (SSSR count). The quantitative estimate of drug-likeness (QED) is 0.902. The Hall–Kier alpha value is -1.05. The summed E-state index contributed by atoms with van der Waals surface area (Å²) in [7, 11) is 0. The minimum absolute atomic E-state index is 0.587. The fourth-order valence-electron chi connectivity index (χ4n) is 2.51. The number of benzene rings is 1. The van der Waals surface area contributed by atoms with Gasteiger partial charge in [-0.05, 0) is 50.0 Å². The summed E-state index contributed by atoms with van der Waals surface area (Å²) in [5.74, 6) is 0.587. The van der Waals surface area contributed by atoms with E-state index >= 15 is 0 Å². The van der Waals surface area contributed by atoms with Gasteiger partial charge in [0, 0.05) is 17.6 Å². The number of nitriles is 1. The van der Waals surface area contributed by atoms with Crippen LogP contribution in [0.5, 0.6) is 0 Å². The fraction of sp³-hybridized carbons (Fsp3) is 0.533. The van der Waals surface area contributed by atoms with E-state index in [4.69, 9.17) is 5.26 Å². The Morgan fingerprint density at radius 2 is 2.16 bits per heavy atom. The van der Waals surface area contributed by atoms with Crippen LogP contribution in [0.4, 0.5) is 5.69 Å². The van der Waals surface area contributed by atoms with E-state index in [-0.39, 0.29) is 0 Å². The maximum Gasteiger partial charge on any atom is 0.101 e. The summed E-state index contributed by atoms with van der Waals surface area (Å²) in [6, 6.07) is 7.94. The van der Waals surface area contributed by atoms with Gasteiger partial charge in [0.2, 0.25) is 0 Å². The number of nitrogens with one attached hydrogen (secondary N) is 1. The van der Waals surface area contributed by atoms with Gasteiger partial charge in [-0.25, -0.2) is 0 Å². The molecule has 1 heterocycles. The maximum atomic E-state index is 9.09. The predicted molar refractivity (Wildman–Crippen MR) is 82.2 cm³/mol. The van der Waals surface area contributed by atoms with Crippen LogP contribution in [-0.4, -0.2) is 31.1 Å². The van der Waals surface area contributed by atoms with Crippen LogP contribution in [-0.2, 0) is 0 Å². The van der Waals surface area contributed by atoms with Crippen molar-refractivity contribution in [1.82, 2.24) is 4.90 Å². The Kier molecular flexibility index (Phi) is 5.24. The van der Waals surface area contributed by atoms with Crippen molar-refractivity contribution in [1.29, 1.82) is 5.26 Å². The molecule has 3 nitrogen and oxygen atoms in total. The molecule has 1 aromatic rings. The average molecular weight is 322 g/mol. The van der Waals surface area contributed by atoms with E-state index in [0.29, 0.717) is 11.5 Å². The van der Waals surface area contributed by atoms with Crippen molar-refractivity contribution in [2.45, 2.75) is 19.8 Å². The van der Waals surface area contributed by atoms with Crippen LogP contribution in [0.1, 0.15) is 25.3 Å². The molecular weight excluding hydrogens is 302 g/mol. The molecule has 1 fully saturated rings. The van der Waals surface area contributed by atoms with E-state index in [9.17, 15) is 0 Å². The second-order valence-electron chi connectivity index (χ2n) is 5.30. The first-order valence-corrected chi connectivity index (χ1v) is 7.64. The lowest BCUT2D eigenvalue weighted by Gasteiger charge is -2.21. The van der Waals surface area contributed by atoms with Gasteiger partial charge >= 0.3 is 0 Å². The lowest BCUT2D eigenvalue weighted by atomic mass is 10.1. The lowest BCUT2D eigenvalue weighted by molar-refractivity contribution is 0.294. The summed E-state index contributed by atoms with van der Waals surface area (Å²) in [5.41, 5.74) is 1.63. The van der Waals surface area contributed by atoms with E-state index in [2.05, 4.69) is 39.1 Å². The largest absolute Gasteiger partial charge is 0.384 e. The molecule has 1 atom stereocenters. The first-order valence-electron chi connectivity index (χ1n) is 6.85. The number of hydrogen-bond acceptors (Lipinski definition) is 3. The van der Waals surface area contributed by atoms with Gasteiger partial charge in [0.1, 0.15) is 6.07 Å². The lowest BCUT2D eigenvalue weighted by Crippen LogP contribution is -2.29. The highest BCUT2D eigenvalue weighted by Crippen LogP contribution is 2.21. The molecule has 102 valence electrons. The van der Waals surface area contributed by atoms with E-state index in [1.165, 1.54) is 25.9 Å². The zero-order valence-corrected chi connectivity index (χ0v) is 12.9. The van der Waals surface area contributed by atoms with Crippen molar-refractivity contribution >= 4 is 21.6 Å². The summed E-state index contributed by atoms with van der Waals surface area (Å²) in [6.45, 7) is 6.79. The van der Waals surface area contributed by atoms with E-state index in [1.807, 2.05) is 18.2 Å². The molecule has 0 amide bonds. The first-order chi connectivity index (χ1) is 9.19. The Morgan fingerprint density at radius 1 is 1.42 bits per heavy atom. The van der Waals surface area contributed by atoms with Crippen LogP contribution in [0.25, 0.3) is 0 Å². The first kappa shape index (κ1) is 14.4. The highest BCUT2D eigenvalue weighted by molar-refractivity contribution is 9.10. The van der Waals surface area contributed by atoms with Crippen LogP contribution in [0.2, 0.25) is 0 Å². The molecule has 0 spiro atoms. The van der Waals surface area contributed by atoms with Crippen molar-refractivity contribution in [3.05, 3.63) is 28.2 Å². The van der Waals surface area contributed by atoms with Gasteiger partial charge in [-0.1, -0.05) is 22.9 Å². The van der Waals surface area contributed by atoms with Crippen molar-refractivity contribution in [2.24, 2.45) is 5.92 Å². The van der Waals surface area contributed by atoms with Crippen molar-refractivity contribution in [2.75, 3.05) is 31.5 Å². The van der Waals surface area contributed by atoms with Crippen molar-refractivity contribution in [3.63, 3.8) is 0 Å². The smallest absolute Gasteiger partial charge is 0.101 e. The van der Waals surface area contributed by atoms with E-state index < -0.39 is 0 Å². The highest BCUT2D eigenvalue weighted by Gasteiger charge is 2.14. The summed E-state index contributed by atoms with van der Waals surface area (Å²) >= 11 is 3.45. The molecule has 1 saturated heterocycles. The van der Waals surface area contributed by atoms with Crippen LogP contribution in [0.3, 0.4) is 0 Å². The minimum atomic E-state index is 0.587. The van der Waals surface area contributed by atoms with Gasteiger partial charge in [0.15, 0.2) is 0 Å². The molecule has 1 aliphatic heterocycles. The Labute approximate surface area is 123 Å². The van der Waals surface area contributed by atoms with E-state index in [1.54, 1.807) is 0 Å². The second-order valence-corrected chi connectivity index (χ2v) is 6.21. The molecule has 19 heavy (non-hydrogen) atoms. The van der Waals surface area contributed by atoms with Crippen LogP contribution in [0.15, 0.2) is 22.7 Å². The number of halogens is 1. The second kappa shape index (κ2) is 6.93. The van der Waals surface area contributed by atoms with Crippen molar-refractivity contribution in [3.8, 4) is 6.07 Å². The monoisotopic (exact) mass is 321 g/mol. The molecule has 0 bridgehead atoms. The zero-order chi connectivity index (χ0) is 13.7. The molecule has 0 aromatic heterocycles. The third-order valence-electron chi connectivity index (χ3n) is 3.51. The van der Waals surface area contributed by atoms with Crippen molar-refractivity contribution < 1.29 is 0 Å². The molecule has 0 saturated carbocycles. The van der Waals surface area contributed by atoms with Gasteiger partial charge in [-0.2, -0.15) is 5.26 Å².